The van der Waals surface area contributed by atoms with Gasteiger partial charge in [-0.05, 0) is 43.4 Å². The van der Waals surface area contributed by atoms with Gasteiger partial charge in [-0.15, -0.1) is 0 Å². The molecule has 4 heteroatoms. The van der Waals surface area contributed by atoms with E-state index in [0.717, 1.165) is 19.3 Å². The van der Waals surface area contributed by atoms with E-state index in [-0.39, 0.29) is 6.10 Å². The van der Waals surface area contributed by atoms with Crippen LogP contribution in [-0.4, -0.2) is 35.9 Å². The van der Waals surface area contributed by atoms with E-state index in [0.29, 0.717) is 30.4 Å². The van der Waals surface area contributed by atoms with Gasteiger partial charge in [0.2, 0.25) is 0 Å². The van der Waals surface area contributed by atoms with E-state index < -0.39 is 12.0 Å². The summed E-state index contributed by atoms with van der Waals surface area (Å²) < 4.78 is 6.04. The van der Waals surface area contributed by atoms with Gasteiger partial charge in [-0.2, -0.15) is 0 Å². The largest absolute Gasteiger partial charge is 0.480 e. The van der Waals surface area contributed by atoms with E-state index in [1.165, 1.54) is 12.8 Å². The number of carboxylic acids is 1. The quantitative estimate of drug-likeness (QED) is 0.754. The van der Waals surface area contributed by atoms with Crippen molar-refractivity contribution in [2.24, 2.45) is 17.8 Å². The zero-order valence-electron chi connectivity index (χ0n) is 13.0. The van der Waals surface area contributed by atoms with Crippen molar-refractivity contribution in [2.45, 2.75) is 71.1 Å². The van der Waals surface area contributed by atoms with Gasteiger partial charge >= 0.3 is 5.97 Å². The van der Waals surface area contributed by atoms with Gasteiger partial charge in [-0.1, -0.05) is 27.2 Å². The summed E-state index contributed by atoms with van der Waals surface area (Å²) in [6.45, 7) is 7.05. The van der Waals surface area contributed by atoms with Crippen LogP contribution in [0.15, 0.2) is 0 Å². The molecule has 0 aromatic rings. The van der Waals surface area contributed by atoms with E-state index in [9.17, 15) is 9.90 Å². The predicted molar refractivity (Wildman–Crippen MR) is 78.7 cm³/mol. The van der Waals surface area contributed by atoms with E-state index in [2.05, 4.69) is 26.1 Å². The highest BCUT2D eigenvalue weighted by molar-refractivity contribution is 5.73. The van der Waals surface area contributed by atoms with Gasteiger partial charge in [0.1, 0.15) is 6.04 Å². The molecule has 0 amide bonds. The number of hydrogen-bond donors (Lipinski definition) is 2. The zero-order valence-corrected chi connectivity index (χ0v) is 13.0. The monoisotopic (exact) mass is 283 g/mol. The molecule has 116 valence electrons. The van der Waals surface area contributed by atoms with Crippen LogP contribution < -0.4 is 5.32 Å². The van der Waals surface area contributed by atoms with Gasteiger partial charge in [0, 0.05) is 6.04 Å². The van der Waals surface area contributed by atoms with Crippen molar-refractivity contribution in [3.8, 4) is 0 Å². The van der Waals surface area contributed by atoms with E-state index >= 15 is 0 Å². The number of ether oxygens (including phenoxy) is 1. The van der Waals surface area contributed by atoms with Crippen molar-refractivity contribution in [2.75, 3.05) is 6.61 Å². The van der Waals surface area contributed by atoms with Crippen LogP contribution in [0.3, 0.4) is 0 Å². The van der Waals surface area contributed by atoms with Gasteiger partial charge in [-0.25, -0.2) is 0 Å². The molecule has 4 nitrogen and oxygen atoms in total. The zero-order chi connectivity index (χ0) is 14.7. The Balaban J connectivity index is 1.86. The molecule has 0 bridgehead atoms. The topological polar surface area (TPSA) is 58.6 Å². The first kappa shape index (κ1) is 15.8. The first-order valence-electron chi connectivity index (χ1n) is 8.07. The molecular formula is C16H29NO3. The fraction of sp³-hybridized carbons (Fsp3) is 0.938. The fourth-order valence-electron chi connectivity index (χ4n) is 3.25. The van der Waals surface area contributed by atoms with Crippen molar-refractivity contribution in [1.82, 2.24) is 5.32 Å². The van der Waals surface area contributed by atoms with Crippen molar-refractivity contribution < 1.29 is 14.6 Å². The molecule has 0 aliphatic heterocycles. The SMILES string of the molecule is CC1CCC(C(C)C)C(OCC(NC2CC2)C(=O)O)C1. The van der Waals surface area contributed by atoms with Gasteiger partial charge < -0.3 is 9.84 Å². The van der Waals surface area contributed by atoms with Crippen molar-refractivity contribution in [3.05, 3.63) is 0 Å². The number of aliphatic carboxylic acids is 1. The van der Waals surface area contributed by atoms with Gasteiger partial charge in [0.15, 0.2) is 0 Å². The molecule has 0 spiro atoms. The fourth-order valence-corrected chi connectivity index (χ4v) is 3.25. The normalized spacial score (nSPS) is 32.3. The van der Waals surface area contributed by atoms with Gasteiger partial charge in [-0.3, -0.25) is 10.1 Å². The third-order valence-corrected chi connectivity index (χ3v) is 4.75. The van der Waals surface area contributed by atoms with E-state index in [1.54, 1.807) is 0 Å². The van der Waals surface area contributed by atoms with Crippen LogP contribution in [0.1, 0.15) is 52.9 Å². The van der Waals surface area contributed by atoms with E-state index in [4.69, 9.17) is 4.74 Å². The van der Waals surface area contributed by atoms with E-state index in [1.807, 2.05) is 0 Å². The minimum absolute atomic E-state index is 0.224. The Labute approximate surface area is 122 Å². The molecule has 2 fully saturated rings. The molecule has 0 saturated heterocycles. The highest BCUT2D eigenvalue weighted by Crippen LogP contribution is 2.35. The Bertz CT molecular complexity index is 328. The minimum atomic E-state index is -0.790. The summed E-state index contributed by atoms with van der Waals surface area (Å²) in [6, 6.07) is -0.154. The Kier molecular flexibility index (Phi) is 5.44. The minimum Gasteiger partial charge on any atom is -0.480 e. The Morgan fingerprint density at radius 3 is 2.55 bits per heavy atom. The summed E-state index contributed by atoms with van der Waals surface area (Å²) in [5, 5.41) is 12.4. The lowest BCUT2D eigenvalue weighted by Gasteiger charge is -2.37. The summed E-state index contributed by atoms with van der Waals surface area (Å²) in [5.41, 5.74) is 0. The first-order valence-corrected chi connectivity index (χ1v) is 8.07. The summed E-state index contributed by atoms with van der Waals surface area (Å²) >= 11 is 0. The molecule has 0 aromatic carbocycles. The van der Waals surface area contributed by atoms with Gasteiger partial charge in [0.25, 0.3) is 0 Å². The molecule has 20 heavy (non-hydrogen) atoms. The lowest BCUT2D eigenvalue weighted by atomic mass is 9.75. The van der Waals surface area contributed by atoms with Crippen molar-refractivity contribution in [1.29, 1.82) is 0 Å². The number of nitrogens with one attached hydrogen (secondary N) is 1. The first-order chi connectivity index (χ1) is 9.47. The molecule has 2 aliphatic carbocycles. The molecule has 4 atom stereocenters. The van der Waals surface area contributed by atoms with Crippen molar-refractivity contribution in [3.63, 3.8) is 0 Å². The van der Waals surface area contributed by atoms with Crippen LogP contribution in [-0.2, 0) is 9.53 Å². The maximum absolute atomic E-state index is 11.3. The smallest absolute Gasteiger partial charge is 0.323 e. The number of carbonyl (C=O) groups is 1. The standard InChI is InChI=1S/C16H29NO3/c1-10(2)13-7-4-11(3)8-15(13)20-9-14(16(18)19)17-12-5-6-12/h10-15,17H,4-9H2,1-3H3,(H,18,19). The highest BCUT2D eigenvalue weighted by atomic mass is 16.5. The molecule has 2 rings (SSSR count). The molecule has 0 aromatic heterocycles. The number of hydrogen-bond acceptors (Lipinski definition) is 3. The van der Waals surface area contributed by atoms with Crippen LogP contribution in [0.2, 0.25) is 0 Å². The third kappa shape index (κ3) is 4.45. The van der Waals surface area contributed by atoms with Crippen LogP contribution >= 0.6 is 0 Å². The molecule has 4 unspecified atom stereocenters. The average molecular weight is 283 g/mol. The maximum atomic E-state index is 11.3. The van der Waals surface area contributed by atoms with Gasteiger partial charge in [0.05, 0.1) is 12.7 Å². The number of rotatable bonds is 7. The second-order valence-electron chi connectivity index (χ2n) is 7.03. The lowest BCUT2D eigenvalue weighted by molar-refractivity contribution is -0.143. The summed E-state index contributed by atoms with van der Waals surface area (Å²) in [4.78, 5) is 11.3. The molecule has 2 saturated carbocycles. The molecule has 0 heterocycles. The molecule has 2 aliphatic rings. The van der Waals surface area contributed by atoms with Crippen LogP contribution in [0.4, 0.5) is 0 Å². The Hall–Kier alpha value is -0.610. The summed E-state index contributed by atoms with van der Waals surface area (Å²) in [6.07, 6.45) is 5.96. The van der Waals surface area contributed by atoms with Crippen LogP contribution in [0.5, 0.6) is 0 Å². The Morgan fingerprint density at radius 1 is 1.30 bits per heavy atom. The third-order valence-electron chi connectivity index (χ3n) is 4.75. The second kappa shape index (κ2) is 6.90. The highest BCUT2D eigenvalue weighted by Gasteiger charge is 2.34. The summed E-state index contributed by atoms with van der Waals surface area (Å²) in [5.74, 6) is 1.07. The predicted octanol–water partition coefficient (Wildman–Crippen LogP) is 2.67. The molecular weight excluding hydrogens is 254 g/mol. The van der Waals surface area contributed by atoms with Crippen LogP contribution in [0, 0.1) is 17.8 Å². The average Bonchev–Trinajstić information content (AvgIpc) is 3.17. The summed E-state index contributed by atoms with van der Waals surface area (Å²) in [7, 11) is 0. The van der Waals surface area contributed by atoms with Crippen molar-refractivity contribution >= 4 is 5.97 Å². The van der Waals surface area contributed by atoms with Crippen LogP contribution in [0.25, 0.3) is 0 Å². The Morgan fingerprint density at radius 2 is 2.00 bits per heavy atom. The lowest BCUT2D eigenvalue weighted by Crippen LogP contribution is -2.44. The molecule has 0 radical (unpaired) electrons. The second-order valence-corrected chi connectivity index (χ2v) is 7.03. The number of carboxylic acid groups (broad SMARTS) is 1. The maximum Gasteiger partial charge on any atom is 0.323 e. The molecule has 2 N–H and O–H groups in total.